The number of amides is 2. The number of carbonyl (C=O) groups is 2. The van der Waals surface area contributed by atoms with E-state index in [2.05, 4.69) is 10.6 Å². The maximum absolute atomic E-state index is 12.3. The molecule has 1 aromatic rings. The fourth-order valence-electron chi connectivity index (χ4n) is 2.38. The van der Waals surface area contributed by atoms with E-state index in [0.717, 1.165) is 23.5 Å². The maximum atomic E-state index is 12.3. The van der Waals surface area contributed by atoms with E-state index >= 15 is 0 Å². The highest BCUT2D eigenvalue weighted by molar-refractivity contribution is 7.98. The molecule has 0 bridgehead atoms. The van der Waals surface area contributed by atoms with Crippen LogP contribution in [0.25, 0.3) is 0 Å². The van der Waals surface area contributed by atoms with Crippen molar-refractivity contribution in [3.8, 4) is 11.5 Å². The third-order valence-electron chi connectivity index (χ3n) is 3.58. The van der Waals surface area contributed by atoms with Crippen LogP contribution in [0.5, 0.6) is 11.5 Å². The minimum atomic E-state index is -0.504. The van der Waals surface area contributed by atoms with E-state index in [1.807, 2.05) is 24.5 Å². The summed E-state index contributed by atoms with van der Waals surface area (Å²) in [5.74, 6) is 1.87. The number of benzene rings is 1. The summed E-state index contributed by atoms with van der Waals surface area (Å²) in [4.78, 5) is 23.6. The molecular weight excluding hydrogens is 328 g/mol. The molecule has 1 atom stereocenters. The van der Waals surface area contributed by atoms with Crippen molar-refractivity contribution in [2.24, 2.45) is 0 Å². The summed E-state index contributed by atoms with van der Waals surface area (Å²) in [6, 6.07) is 5.15. The number of nitrogens with one attached hydrogen (secondary N) is 2. The molecule has 132 valence electrons. The maximum Gasteiger partial charge on any atom is 0.242 e. The lowest BCUT2D eigenvalue weighted by Crippen LogP contribution is -2.46. The Morgan fingerprint density at radius 2 is 2.00 bits per heavy atom. The van der Waals surface area contributed by atoms with Gasteiger partial charge in [0.05, 0.1) is 13.2 Å². The van der Waals surface area contributed by atoms with Crippen molar-refractivity contribution in [3.63, 3.8) is 0 Å². The molecule has 0 saturated heterocycles. The quantitative estimate of drug-likeness (QED) is 0.781. The average Bonchev–Trinajstić information content (AvgIpc) is 2.80. The van der Waals surface area contributed by atoms with Gasteiger partial charge in [-0.25, -0.2) is 0 Å². The minimum absolute atomic E-state index is 0.175. The van der Waals surface area contributed by atoms with E-state index < -0.39 is 6.04 Å². The van der Waals surface area contributed by atoms with Gasteiger partial charge in [0.1, 0.15) is 6.04 Å². The number of ether oxygens (including phenoxy) is 2. The zero-order valence-electron chi connectivity index (χ0n) is 14.1. The molecular formula is C17H24N2O4S. The van der Waals surface area contributed by atoms with Crippen molar-refractivity contribution in [2.45, 2.75) is 32.4 Å². The van der Waals surface area contributed by atoms with Crippen LogP contribution >= 0.6 is 11.8 Å². The van der Waals surface area contributed by atoms with E-state index in [0.29, 0.717) is 31.9 Å². The molecule has 0 aliphatic carbocycles. The summed E-state index contributed by atoms with van der Waals surface area (Å²) < 4.78 is 11.2. The van der Waals surface area contributed by atoms with Gasteiger partial charge in [-0.15, -0.1) is 0 Å². The Bertz CT molecular complexity index is 580. The Morgan fingerprint density at radius 3 is 2.71 bits per heavy atom. The zero-order chi connectivity index (χ0) is 17.4. The van der Waals surface area contributed by atoms with Crippen LogP contribution in [-0.2, 0) is 16.1 Å². The first-order chi connectivity index (χ1) is 11.6. The first-order valence-corrected chi connectivity index (χ1v) is 9.42. The molecule has 6 nitrogen and oxygen atoms in total. The van der Waals surface area contributed by atoms with Crippen molar-refractivity contribution < 1.29 is 19.1 Å². The van der Waals surface area contributed by atoms with E-state index in [-0.39, 0.29) is 11.8 Å². The zero-order valence-corrected chi connectivity index (χ0v) is 14.9. The third-order valence-corrected chi connectivity index (χ3v) is 4.23. The highest BCUT2D eigenvalue weighted by Crippen LogP contribution is 2.30. The second kappa shape index (κ2) is 9.42. The molecule has 1 heterocycles. The summed E-state index contributed by atoms with van der Waals surface area (Å²) in [6.07, 6.45) is 3.43. The summed E-state index contributed by atoms with van der Waals surface area (Å²) in [5, 5.41) is 5.58. The van der Waals surface area contributed by atoms with Crippen molar-refractivity contribution in [1.29, 1.82) is 0 Å². The van der Waals surface area contributed by atoms with Crippen LogP contribution in [0.4, 0.5) is 0 Å². The molecule has 0 spiro atoms. The monoisotopic (exact) mass is 352 g/mol. The van der Waals surface area contributed by atoms with E-state index in [4.69, 9.17) is 9.47 Å². The van der Waals surface area contributed by atoms with Crippen molar-refractivity contribution in [1.82, 2.24) is 10.6 Å². The van der Waals surface area contributed by atoms with Gasteiger partial charge in [-0.05, 0) is 36.1 Å². The average molecular weight is 352 g/mol. The molecule has 7 heteroatoms. The molecule has 0 radical (unpaired) electrons. The van der Waals surface area contributed by atoms with E-state index in [9.17, 15) is 9.59 Å². The molecule has 0 fully saturated rings. The van der Waals surface area contributed by atoms with Crippen molar-refractivity contribution in [3.05, 3.63) is 23.8 Å². The number of rotatable bonds is 7. The van der Waals surface area contributed by atoms with Gasteiger partial charge in [0.15, 0.2) is 11.5 Å². The number of carbonyl (C=O) groups excluding carboxylic acids is 2. The van der Waals surface area contributed by atoms with Crippen LogP contribution in [0.1, 0.15) is 25.3 Å². The molecule has 2 amide bonds. The Hall–Kier alpha value is -1.89. The standard InChI is InChI=1S/C17H24N2O4S/c1-12(20)19-14(6-9-24-2)17(21)18-11-13-4-5-15-16(10-13)23-8-3-7-22-15/h4-5,10,14H,3,6-9,11H2,1-2H3,(H,18,21)(H,19,20). The predicted molar refractivity (Wildman–Crippen MR) is 94.5 cm³/mol. The number of fused-ring (bicyclic) bond motifs is 1. The highest BCUT2D eigenvalue weighted by Gasteiger charge is 2.19. The van der Waals surface area contributed by atoms with Crippen molar-refractivity contribution in [2.75, 3.05) is 25.2 Å². The molecule has 24 heavy (non-hydrogen) atoms. The molecule has 2 rings (SSSR count). The fourth-order valence-corrected chi connectivity index (χ4v) is 2.85. The van der Waals surface area contributed by atoms with Gasteiger partial charge >= 0.3 is 0 Å². The van der Waals surface area contributed by atoms with Gasteiger partial charge in [0.25, 0.3) is 0 Å². The molecule has 2 N–H and O–H groups in total. The van der Waals surface area contributed by atoms with Gasteiger partial charge in [0.2, 0.25) is 11.8 Å². The Morgan fingerprint density at radius 1 is 1.25 bits per heavy atom. The number of hydrogen-bond donors (Lipinski definition) is 2. The summed E-state index contributed by atoms with van der Waals surface area (Å²) >= 11 is 1.64. The molecule has 0 saturated carbocycles. The van der Waals surface area contributed by atoms with E-state index in [1.54, 1.807) is 11.8 Å². The Labute approximate surface area is 146 Å². The highest BCUT2D eigenvalue weighted by atomic mass is 32.2. The Kier molecular flexibility index (Phi) is 7.24. The summed E-state index contributed by atoms with van der Waals surface area (Å²) in [7, 11) is 0. The topological polar surface area (TPSA) is 76.7 Å². The smallest absolute Gasteiger partial charge is 0.242 e. The largest absolute Gasteiger partial charge is 0.490 e. The number of thioether (sulfide) groups is 1. The predicted octanol–water partition coefficient (Wildman–Crippen LogP) is 1.72. The third kappa shape index (κ3) is 5.63. The van der Waals surface area contributed by atoms with Gasteiger partial charge in [-0.1, -0.05) is 6.07 Å². The van der Waals surface area contributed by atoms with Crippen LogP contribution in [0.3, 0.4) is 0 Å². The van der Waals surface area contributed by atoms with Crippen LogP contribution in [0.15, 0.2) is 18.2 Å². The summed E-state index contributed by atoms with van der Waals surface area (Å²) in [6.45, 7) is 3.08. The first kappa shape index (κ1) is 18.4. The lowest BCUT2D eigenvalue weighted by Gasteiger charge is -2.17. The lowest BCUT2D eigenvalue weighted by molar-refractivity contribution is -0.128. The molecule has 1 aliphatic heterocycles. The molecule has 1 aromatic carbocycles. The van der Waals surface area contributed by atoms with Gasteiger partial charge in [0, 0.05) is 19.9 Å². The molecule has 1 unspecified atom stereocenters. The second-order valence-electron chi connectivity index (χ2n) is 5.58. The van der Waals surface area contributed by atoms with Crippen molar-refractivity contribution >= 4 is 23.6 Å². The van der Waals surface area contributed by atoms with Gasteiger partial charge in [-0.2, -0.15) is 11.8 Å². The van der Waals surface area contributed by atoms with Crippen LogP contribution in [0.2, 0.25) is 0 Å². The first-order valence-electron chi connectivity index (χ1n) is 8.02. The van der Waals surface area contributed by atoms with Crippen LogP contribution in [-0.4, -0.2) is 43.1 Å². The van der Waals surface area contributed by atoms with Gasteiger partial charge < -0.3 is 20.1 Å². The van der Waals surface area contributed by atoms with Crippen LogP contribution < -0.4 is 20.1 Å². The van der Waals surface area contributed by atoms with Gasteiger partial charge in [-0.3, -0.25) is 9.59 Å². The summed E-state index contributed by atoms with van der Waals surface area (Å²) in [5.41, 5.74) is 0.930. The fraction of sp³-hybridized carbons (Fsp3) is 0.529. The Balaban J connectivity index is 1.94. The second-order valence-corrected chi connectivity index (χ2v) is 6.57. The lowest BCUT2D eigenvalue weighted by atomic mass is 10.1. The SMILES string of the molecule is CSCCC(NC(C)=O)C(=O)NCc1ccc2c(c1)OCCCO2. The minimum Gasteiger partial charge on any atom is -0.490 e. The van der Waals surface area contributed by atoms with Crippen LogP contribution in [0, 0.1) is 0 Å². The van der Waals surface area contributed by atoms with E-state index in [1.165, 1.54) is 6.92 Å². The number of hydrogen-bond acceptors (Lipinski definition) is 5. The molecule has 0 aromatic heterocycles. The molecule has 1 aliphatic rings. The normalized spacial score (nSPS) is 14.4.